The average molecular weight is 298 g/mol. The third-order valence-electron chi connectivity index (χ3n) is 3.92. The Labute approximate surface area is 117 Å². The number of hydrogen-bond acceptors (Lipinski definition) is 5. The Kier molecular flexibility index (Phi) is 3.19. The maximum absolute atomic E-state index is 12.1. The van der Waals surface area contributed by atoms with Crippen LogP contribution in [0, 0.1) is 0 Å². The van der Waals surface area contributed by atoms with Crippen molar-refractivity contribution in [3.8, 4) is 0 Å². The van der Waals surface area contributed by atoms with Gasteiger partial charge in [-0.25, -0.2) is 8.42 Å². The molecule has 1 aromatic rings. The lowest BCUT2D eigenvalue weighted by atomic mass is 10.1. The van der Waals surface area contributed by atoms with E-state index in [1.807, 2.05) is 0 Å². The maximum Gasteiger partial charge on any atom is 0.274 e. The van der Waals surface area contributed by atoms with E-state index in [-0.39, 0.29) is 29.1 Å². The SMILES string of the molecule is Nc1c(C(=O)NC2CCS(=O)(=O)CC2)n[nH]c1C1CC1. The number of H-pyrrole nitrogens is 1. The van der Waals surface area contributed by atoms with Crippen molar-refractivity contribution in [1.29, 1.82) is 0 Å². The van der Waals surface area contributed by atoms with E-state index in [4.69, 9.17) is 5.73 Å². The molecule has 1 saturated heterocycles. The second-order valence-electron chi connectivity index (χ2n) is 5.57. The predicted octanol–water partition coefficient (Wildman–Crippen LogP) is 0.176. The first kappa shape index (κ1) is 13.4. The van der Waals surface area contributed by atoms with Gasteiger partial charge < -0.3 is 11.1 Å². The molecule has 2 aliphatic rings. The summed E-state index contributed by atoms with van der Waals surface area (Å²) >= 11 is 0. The van der Waals surface area contributed by atoms with Crippen LogP contribution >= 0.6 is 0 Å². The molecule has 0 spiro atoms. The highest BCUT2D eigenvalue weighted by molar-refractivity contribution is 7.91. The van der Waals surface area contributed by atoms with Crippen LogP contribution in [0.15, 0.2) is 0 Å². The van der Waals surface area contributed by atoms with Crippen LogP contribution in [0.5, 0.6) is 0 Å². The molecule has 2 heterocycles. The maximum atomic E-state index is 12.1. The molecule has 8 heteroatoms. The van der Waals surface area contributed by atoms with Crippen LogP contribution in [-0.2, 0) is 9.84 Å². The summed E-state index contributed by atoms with van der Waals surface area (Å²) in [5.74, 6) is 0.335. The Balaban J connectivity index is 1.65. The quantitative estimate of drug-likeness (QED) is 0.735. The number of rotatable bonds is 3. The van der Waals surface area contributed by atoms with Crippen LogP contribution in [0.4, 0.5) is 5.69 Å². The number of carbonyl (C=O) groups is 1. The molecule has 1 aromatic heterocycles. The lowest BCUT2D eigenvalue weighted by Crippen LogP contribution is -2.41. The number of amides is 1. The summed E-state index contributed by atoms with van der Waals surface area (Å²) in [6, 6.07) is -0.119. The summed E-state index contributed by atoms with van der Waals surface area (Å²) in [4.78, 5) is 12.1. The molecule has 1 amide bonds. The molecule has 1 aliphatic carbocycles. The molecule has 4 N–H and O–H groups in total. The van der Waals surface area contributed by atoms with Crippen molar-refractivity contribution in [3.05, 3.63) is 11.4 Å². The molecule has 0 unspecified atom stereocenters. The number of carbonyl (C=O) groups excluding carboxylic acids is 1. The fourth-order valence-electron chi connectivity index (χ4n) is 2.51. The number of nitrogen functional groups attached to an aromatic ring is 1. The molecule has 1 saturated carbocycles. The van der Waals surface area contributed by atoms with E-state index in [0.29, 0.717) is 24.4 Å². The lowest BCUT2D eigenvalue weighted by Gasteiger charge is -2.22. The Morgan fingerprint density at radius 3 is 2.50 bits per heavy atom. The van der Waals surface area contributed by atoms with Crippen molar-refractivity contribution in [1.82, 2.24) is 15.5 Å². The molecular weight excluding hydrogens is 280 g/mol. The molecule has 0 radical (unpaired) electrons. The van der Waals surface area contributed by atoms with E-state index in [2.05, 4.69) is 15.5 Å². The third-order valence-corrected chi connectivity index (χ3v) is 5.64. The zero-order valence-electron chi connectivity index (χ0n) is 11.1. The summed E-state index contributed by atoms with van der Waals surface area (Å²) in [6.45, 7) is 0. The largest absolute Gasteiger partial charge is 0.395 e. The van der Waals surface area contributed by atoms with Gasteiger partial charge in [0.15, 0.2) is 5.69 Å². The van der Waals surface area contributed by atoms with E-state index in [9.17, 15) is 13.2 Å². The molecule has 2 fully saturated rings. The van der Waals surface area contributed by atoms with Gasteiger partial charge in [0, 0.05) is 12.0 Å². The fourth-order valence-corrected chi connectivity index (χ4v) is 4.00. The first-order valence-corrected chi connectivity index (χ1v) is 8.63. The van der Waals surface area contributed by atoms with Gasteiger partial charge in [0.2, 0.25) is 0 Å². The van der Waals surface area contributed by atoms with Crippen molar-refractivity contribution < 1.29 is 13.2 Å². The predicted molar refractivity (Wildman–Crippen MR) is 74.1 cm³/mol. The van der Waals surface area contributed by atoms with Gasteiger partial charge in [0.1, 0.15) is 9.84 Å². The van der Waals surface area contributed by atoms with Crippen molar-refractivity contribution in [2.24, 2.45) is 0 Å². The van der Waals surface area contributed by atoms with E-state index in [1.165, 1.54) is 0 Å². The first-order valence-electron chi connectivity index (χ1n) is 6.81. The zero-order chi connectivity index (χ0) is 14.3. The van der Waals surface area contributed by atoms with E-state index in [1.54, 1.807) is 0 Å². The van der Waals surface area contributed by atoms with Crippen LogP contribution in [0.25, 0.3) is 0 Å². The monoisotopic (exact) mass is 298 g/mol. The minimum absolute atomic E-state index is 0.119. The van der Waals surface area contributed by atoms with Crippen molar-refractivity contribution >= 4 is 21.4 Å². The van der Waals surface area contributed by atoms with Crippen molar-refractivity contribution in [2.75, 3.05) is 17.2 Å². The van der Waals surface area contributed by atoms with E-state index >= 15 is 0 Å². The second kappa shape index (κ2) is 4.76. The van der Waals surface area contributed by atoms with Gasteiger partial charge in [-0.15, -0.1) is 0 Å². The number of sulfone groups is 1. The summed E-state index contributed by atoms with van der Waals surface area (Å²) < 4.78 is 22.7. The summed E-state index contributed by atoms with van der Waals surface area (Å²) in [7, 11) is -2.92. The van der Waals surface area contributed by atoms with Gasteiger partial charge in [-0.1, -0.05) is 0 Å². The summed E-state index contributed by atoms with van der Waals surface area (Å²) in [6.07, 6.45) is 3.06. The summed E-state index contributed by atoms with van der Waals surface area (Å²) in [5, 5.41) is 9.65. The third kappa shape index (κ3) is 2.65. The van der Waals surface area contributed by atoms with Crippen LogP contribution in [0.3, 0.4) is 0 Å². The number of nitrogens with two attached hydrogens (primary N) is 1. The van der Waals surface area contributed by atoms with Crippen molar-refractivity contribution in [2.45, 2.75) is 37.6 Å². The average Bonchev–Trinajstić information content (AvgIpc) is 3.15. The molecule has 7 nitrogen and oxygen atoms in total. The highest BCUT2D eigenvalue weighted by Crippen LogP contribution is 2.42. The minimum Gasteiger partial charge on any atom is -0.395 e. The number of anilines is 1. The van der Waals surface area contributed by atoms with Gasteiger partial charge in [-0.3, -0.25) is 9.89 Å². The standard InChI is InChI=1S/C12H18N4O3S/c13-9-10(7-1-2-7)15-16-11(9)12(17)14-8-3-5-20(18,19)6-4-8/h7-8H,1-6,13H2,(H,14,17)(H,15,16). The molecule has 0 bridgehead atoms. The molecule has 0 atom stereocenters. The van der Waals surface area contributed by atoms with E-state index in [0.717, 1.165) is 18.5 Å². The topological polar surface area (TPSA) is 118 Å². The highest BCUT2D eigenvalue weighted by atomic mass is 32.2. The van der Waals surface area contributed by atoms with Crippen LogP contribution in [0.2, 0.25) is 0 Å². The first-order chi connectivity index (χ1) is 9.46. The van der Waals surface area contributed by atoms with Crippen LogP contribution in [-0.4, -0.2) is 42.1 Å². The normalized spacial score (nSPS) is 22.6. The smallest absolute Gasteiger partial charge is 0.274 e. The minimum atomic E-state index is -2.92. The molecule has 110 valence electrons. The highest BCUT2D eigenvalue weighted by Gasteiger charge is 2.31. The van der Waals surface area contributed by atoms with Gasteiger partial charge in [0.05, 0.1) is 22.9 Å². The van der Waals surface area contributed by atoms with Gasteiger partial charge in [-0.2, -0.15) is 5.10 Å². The number of nitrogens with zero attached hydrogens (tertiary/aromatic N) is 1. The second-order valence-corrected chi connectivity index (χ2v) is 7.88. The Bertz CT molecular complexity index is 619. The molecular formula is C12H18N4O3S. The fraction of sp³-hybridized carbons (Fsp3) is 0.667. The Morgan fingerprint density at radius 1 is 1.25 bits per heavy atom. The van der Waals surface area contributed by atoms with Crippen LogP contribution < -0.4 is 11.1 Å². The Morgan fingerprint density at radius 2 is 1.90 bits per heavy atom. The Hall–Kier alpha value is -1.57. The number of aromatic nitrogens is 2. The molecule has 20 heavy (non-hydrogen) atoms. The summed E-state index contributed by atoms with van der Waals surface area (Å²) in [5.41, 5.74) is 7.44. The molecule has 1 aliphatic heterocycles. The van der Waals surface area contributed by atoms with Gasteiger partial charge in [0.25, 0.3) is 5.91 Å². The van der Waals surface area contributed by atoms with Gasteiger partial charge >= 0.3 is 0 Å². The van der Waals surface area contributed by atoms with E-state index < -0.39 is 9.84 Å². The number of nitrogens with one attached hydrogen (secondary N) is 2. The van der Waals surface area contributed by atoms with Gasteiger partial charge in [-0.05, 0) is 25.7 Å². The number of aromatic amines is 1. The van der Waals surface area contributed by atoms with Crippen molar-refractivity contribution in [3.63, 3.8) is 0 Å². The van der Waals surface area contributed by atoms with Crippen LogP contribution in [0.1, 0.15) is 47.8 Å². The lowest BCUT2D eigenvalue weighted by molar-refractivity contribution is 0.0930. The molecule has 3 rings (SSSR count). The number of hydrogen-bond donors (Lipinski definition) is 3. The zero-order valence-corrected chi connectivity index (χ0v) is 11.9. The molecule has 0 aromatic carbocycles.